The predicted molar refractivity (Wildman–Crippen MR) is 72.4 cm³/mol. The number of nitrogens with one attached hydrogen (secondary N) is 2. The molecule has 2 N–H and O–H groups in total. The number of hydrogen-bond acceptors (Lipinski definition) is 4. The van der Waals surface area contributed by atoms with Crippen molar-refractivity contribution in [1.29, 1.82) is 0 Å². The van der Waals surface area contributed by atoms with Crippen LogP contribution >= 0.6 is 0 Å². The number of fused-ring (bicyclic) bond motifs is 1. The average molecular weight is 262 g/mol. The number of rotatable bonds is 3. The second-order valence-electron chi connectivity index (χ2n) is 5.23. The Balaban J connectivity index is 1.84. The Hall–Kier alpha value is -2.01. The summed E-state index contributed by atoms with van der Waals surface area (Å²) in [5, 5.41) is 1.04. The van der Waals surface area contributed by atoms with Crippen molar-refractivity contribution in [2.45, 2.75) is 32.9 Å². The van der Waals surface area contributed by atoms with Crippen molar-refractivity contribution in [3.63, 3.8) is 0 Å². The summed E-state index contributed by atoms with van der Waals surface area (Å²) in [4.78, 5) is 11.4. The normalized spacial score (nSPS) is 11.5. The second-order valence-corrected chi connectivity index (χ2v) is 5.23. The van der Waals surface area contributed by atoms with Gasteiger partial charge in [-0.2, -0.15) is 0 Å². The molecule has 1 aromatic carbocycles. The molecule has 2 rings (SSSR count). The molecule has 102 valence electrons. The zero-order chi connectivity index (χ0) is 13.9. The first-order chi connectivity index (χ1) is 8.94. The number of benzene rings is 1. The topological polar surface area (TPSA) is 63.5 Å². The summed E-state index contributed by atoms with van der Waals surface area (Å²) in [5.74, 6) is 0.747. The summed E-state index contributed by atoms with van der Waals surface area (Å²) >= 11 is 0. The van der Waals surface area contributed by atoms with Gasteiger partial charge in [0.15, 0.2) is 0 Å². The highest BCUT2D eigenvalue weighted by Crippen LogP contribution is 2.18. The summed E-state index contributed by atoms with van der Waals surface area (Å²) in [7, 11) is 0. The highest BCUT2D eigenvalue weighted by atomic mass is 16.6. The number of carbonyl (C=O) groups is 1. The van der Waals surface area contributed by atoms with Gasteiger partial charge in [0, 0.05) is 5.39 Å². The fourth-order valence-corrected chi connectivity index (χ4v) is 1.63. The van der Waals surface area contributed by atoms with Gasteiger partial charge in [0.2, 0.25) is 0 Å². The molecule has 0 spiro atoms. The lowest BCUT2D eigenvalue weighted by atomic mass is 10.2. The Morgan fingerprint density at radius 1 is 1.32 bits per heavy atom. The maximum atomic E-state index is 11.4. The molecule has 0 aliphatic heterocycles. The van der Waals surface area contributed by atoms with Crippen molar-refractivity contribution in [1.82, 2.24) is 10.9 Å². The minimum absolute atomic E-state index is 0.397. The first-order valence-electron chi connectivity index (χ1n) is 6.13. The third-order valence-electron chi connectivity index (χ3n) is 2.33. The van der Waals surface area contributed by atoms with Gasteiger partial charge in [-0.1, -0.05) is 18.2 Å². The van der Waals surface area contributed by atoms with Gasteiger partial charge in [-0.05, 0) is 32.9 Å². The number of para-hydroxylation sites is 1. The minimum atomic E-state index is -0.511. The lowest BCUT2D eigenvalue weighted by Gasteiger charge is -2.19. The molecule has 5 nitrogen and oxygen atoms in total. The molecule has 0 bridgehead atoms. The predicted octanol–water partition coefficient (Wildman–Crippen LogP) is 2.96. The lowest BCUT2D eigenvalue weighted by Crippen LogP contribution is -2.40. The van der Waals surface area contributed by atoms with Crippen molar-refractivity contribution in [3.8, 4) is 0 Å². The first-order valence-corrected chi connectivity index (χ1v) is 6.13. The standard InChI is InChI=1S/C14H18N2O3/c1-14(2,3)19-13(17)16-15-9-11-8-10-6-4-5-7-12(10)18-11/h4-8,15H,9H2,1-3H3,(H,16,17). The van der Waals surface area contributed by atoms with E-state index in [1.54, 1.807) is 0 Å². The van der Waals surface area contributed by atoms with Gasteiger partial charge in [0.25, 0.3) is 0 Å². The maximum Gasteiger partial charge on any atom is 0.422 e. The molecule has 0 aliphatic rings. The molecule has 0 fully saturated rings. The molecule has 5 heteroatoms. The van der Waals surface area contributed by atoms with E-state index in [9.17, 15) is 4.79 Å². The number of ether oxygens (including phenoxy) is 1. The zero-order valence-electron chi connectivity index (χ0n) is 11.3. The zero-order valence-corrected chi connectivity index (χ0v) is 11.3. The van der Waals surface area contributed by atoms with Gasteiger partial charge in [-0.3, -0.25) is 5.43 Å². The third kappa shape index (κ3) is 3.99. The molecule has 19 heavy (non-hydrogen) atoms. The van der Waals surface area contributed by atoms with E-state index >= 15 is 0 Å². The number of carbonyl (C=O) groups excluding carboxylic acids is 1. The van der Waals surface area contributed by atoms with Crippen LogP contribution in [-0.2, 0) is 11.3 Å². The number of amides is 1. The maximum absolute atomic E-state index is 11.4. The number of hydrogen-bond donors (Lipinski definition) is 2. The Kier molecular flexibility index (Phi) is 3.76. The molecule has 1 heterocycles. The Morgan fingerprint density at radius 3 is 2.74 bits per heavy atom. The quantitative estimate of drug-likeness (QED) is 0.835. The van der Waals surface area contributed by atoms with Crippen LogP contribution in [-0.4, -0.2) is 11.7 Å². The van der Waals surface area contributed by atoms with Gasteiger partial charge in [0.1, 0.15) is 16.9 Å². The van der Waals surface area contributed by atoms with Crippen molar-refractivity contribution < 1.29 is 13.9 Å². The van der Waals surface area contributed by atoms with Crippen molar-refractivity contribution in [2.75, 3.05) is 0 Å². The van der Waals surface area contributed by atoms with Gasteiger partial charge in [-0.25, -0.2) is 10.2 Å². The molecule has 0 unspecified atom stereocenters. The van der Waals surface area contributed by atoms with Crippen LogP contribution in [0.2, 0.25) is 0 Å². The fourth-order valence-electron chi connectivity index (χ4n) is 1.63. The van der Waals surface area contributed by atoms with Gasteiger partial charge >= 0.3 is 6.09 Å². The molecule has 0 atom stereocenters. The Bertz CT molecular complexity index is 536. The van der Waals surface area contributed by atoms with Crippen molar-refractivity contribution in [2.24, 2.45) is 0 Å². The SMILES string of the molecule is CC(C)(C)OC(=O)NNCc1cc2ccccc2o1. The van der Waals surface area contributed by atoms with Crippen LogP contribution < -0.4 is 10.9 Å². The van der Waals surface area contributed by atoms with Crippen LogP contribution in [0.3, 0.4) is 0 Å². The highest BCUT2D eigenvalue weighted by molar-refractivity contribution is 5.77. The van der Waals surface area contributed by atoms with Crippen LogP contribution in [0, 0.1) is 0 Å². The van der Waals surface area contributed by atoms with Crippen LogP contribution in [0.15, 0.2) is 34.7 Å². The van der Waals surface area contributed by atoms with Gasteiger partial charge in [-0.15, -0.1) is 0 Å². The van der Waals surface area contributed by atoms with E-state index in [1.807, 2.05) is 51.1 Å². The van der Waals surface area contributed by atoms with E-state index in [4.69, 9.17) is 9.15 Å². The third-order valence-corrected chi connectivity index (χ3v) is 2.33. The van der Waals surface area contributed by atoms with Gasteiger partial charge < -0.3 is 9.15 Å². The molecular weight excluding hydrogens is 244 g/mol. The molecule has 1 amide bonds. The largest absolute Gasteiger partial charge is 0.460 e. The van der Waals surface area contributed by atoms with Crippen molar-refractivity contribution in [3.05, 3.63) is 36.1 Å². The van der Waals surface area contributed by atoms with E-state index in [2.05, 4.69) is 10.9 Å². The van der Waals surface area contributed by atoms with Crippen LogP contribution in [0.25, 0.3) is 11.0 Å². The summed E-state index contributed by atoms with van der Waals surface area (Å²) < 4.78 is 10.7. The highest BCUT2D eigenvalue weighted by Gasteiger charge is 2.15. The van der Waals surface area contributed by atoms with E-state index in [1.165, 1.54) is 0 Å². The minimum Gasteiger partial charge on any atom is -0.460 e. The molecular formula is C14H18N2O3. The number of hydrazine groups is 1. The smallest absolute Gasteiger partial charge is 0.422 e. The Labute approximate surface area is 111 Å². The summed E-state index contributed by atoms with van der Waals surface area (Å²) in [6.45, 7) is 5.83. The monoisotopic (exact) mass is 262 g/mol. The first kappa shape index (κ1) is 13.4. The molecule has 0 aliphatic carbocycles. The van der Waals surface area contributed by atoms with E-state index in [0.29, 0.717) is 6.54 Å². The molecule has 1 aromatic heterocycles. The summed E-state index contributed by atoms with van der Waals surface area (Å²) in [6.07, 6.45) is -0.511. The Morgan fingerprint density at radius 2 is 2.05 bits per heavy atom. The van der Waals surface area contributed by atoms with E-state index in [-0.39, 0.29) is 0 Å². The van der Waals surface area contributed by atoms with E-state index < -0.39 is 11.7 Å². The molecule has 0 radical (unpaired) electrons. The fraction of sp³-hybridized carbons (Fsp3) is 0.357. The van der Waals surface area contributed by atoms with Crippen molar-refractivity contribution >= 4 is 17.1 Å². The molecule has 0 saturated heterocycles. The second kappa shape index (κ2) is 5.32. The van der Waals surface area contributed by atoms with Crippen LogP contribution in [0.1, 0.15) is 26.5 Å². The average Bonchev–Trinajstić information content (AvgIpc) is 2.68. The van der Waals surface area contributed by atoms with Gasteiger partial charge in [0.05, 0.1) is 6.54 Å². The molecule has 0 saturated carbocycles. The van der Waals surface area contributed by atoms with E-state index in [0.717, 1.165) is 16.7 Å². The van der Waals surface area contributed by atoms with Crippen LogP contribution in [0.5, 0.6) is 0 Å². The summed E-state index contributed by atoms with van der Waals surface area (Å²) in [6, 6.07) is 9.68. The molecule has 2 aromatic rings. The van der Waals surface area contributed by atoms with Crippen LogP contribution in [0.4, 0.5) is 4.79 Å². The number of furan rings is 1. The summed E-state index contributed by atoms with van der Waals surface area (Å²) in [5.41, 5.74) is 5.55. The lowest BCUT2D eigenvalue weighted by molar-refractivity contribution is 0.0496.